The Hall–Kier alpha value is -3.48. The highest BCUT2D eigenvalue weighted by atomic mass is 16.2. The molecule has 1 fully saturated rings. The fourth-order valence-corrected chi connectivity index (χ4v) is 4.74. The number of aromatic nitrogens is 4. The Bertz CT molecular complexity index is 1270. The highest BCUT2D eigenvalue weighted by Crippen LogP contribution is 2.28. The zero-order chi connectivity index (χ0) is 22.1. The molecule has 0 saturated heterocycles. The molecule has 1 saturated carbocycles. The van der Waals surface area contributed by atoms with Crippen LogP contribution in [0, 0.1) is 13.8 Å². The number of benzene rings is 2. The molecule has 1 aliphatic carbocycles. The van der Waals surface area contributed by atoms with Crippen molar-refractivity contribution in [2.45, 2.75) is 58.5 Å². The van der Waals surface area contributed by atoms with Crippen molar-refractivity contribution in [1.29, 1.82) is 0 Å². The molecule has 2 aromatic heterocycles. The Labute approximate surface area is 187 Å². The Kier molecular flexibility index (Phi) is 5.47. The van der Waals surface area contributed by atoms with E-state index < -0.39 is 0 Å². The van der Waals surface area contributed by atoms with Crippen molar-refractivity contribution in [3.05, 3.63) is 65.2 Å². The van der Waals surface area contributed by atoms with Gasteiger partial charge in [-0.15, -0.1) is 5.10 Å². The molecule has 2 amide bonds. The molecule has 0 unspecified atom stereocenters. The number of rotatable bonds is 4. The van der Waals surface area contributed by atoms with Crippen molar-refractivity contribution in [2.75, 3.05) is 5.32 Å². The largest absolute Gasteiger partial charge is 0.322 e. The summed E-state index contributed by atoms with van der Waals surface area (Å²) < 4.78 is 1.78. The number of tetrazole rings is 1. The number of pyridine rings is 1. The van der Waals surface area contributed by atoms with Gasteiger partial charge in [0.05, 0.1) is 12.1 Å². The lowest BCUT2D eigenvalue weighted by atomic mass is 9.94. The quantitative estimate of drug-likeness (QED) is 0.481. The molecular formula is C25H28N6O. The monoisotopic (exact) mass is 428 g/mol. The van der Waals surface area contributed by atoms with Crippen LogP contribution >= 0.6 is 0 Å². The van der Waals surface area contributed by atoms with Gasteiger partial charge in [-0.1, -0.05) is 49.1 Å². The van der Waals surface area contributed by atoms with Gasteiger partial charge in [0.2, 0.25) is 0 Å². The molecule has 0 aliphatic heterocycles. The highest BCUT2D eigenvalue weighted by Gasteiger charge is 2.27. The summed E-state index contributed by atoms with van der Waals surface area (Å²) in [5, 5.41) is 16.6. The fraction of sp³-hybridized carbons (Fsp3) is 0.360. The predicted octanol–water partition coefficient (Wildman–Crippen LogP) is 5.26. The first kappa shape index (κ1) is 20.4. The number of nitrogens with one attached hydrogen (secondary N) is 1. The topological polar surface area (TPSA) is 75.4 Å². The van der Waals surface area contributed by atoms with E-state index in [1.54, 1.807) is 4.52 Å². The second-order valence-electron chi connectivity index (χ2n) is 8.81. The summed E-state index contributed by atoms with van der Waals surface area (Å²) in [4.78, 5) is 15.5. The van der Waals surface area contributed by atoms with Crippen LogP contribution in [0.15, 0.2) is 48.5 Å². The number of fused-ring (bicyclic) bond motifs is 3. The first-order valence-electron chi connectivity index (χ1n) is 11.3. The molecule has 164 valence electrons. The zero-order valence-electron chi connectivity index (χ0n) is 18.6. The minimum Gasteiger partial charge on any atom is -0.317 e. The third-order valence-corrected chi connectivity index (χ3v) is 6.50. The number of carbonyl (C=O) groups excluding carboxylic acids is 1. The molecule has 0 spiro atoms. The molecule has 1 N–H and O–H groups in total. The van der Waals surface area contributed by atoms with Gasteiger partial charge < -0.3 is 10.2 Å². The normalized spacial score (nSPS) is 14.7. The Balaban J connectivity index is 1.53. The van der Waals surface area contributed by atoms with E-state index in [0.717, 1.165) is 53.4 Å². The highest BCUT2D eigenvalue weighted by molar-refractivity contribution is 5.91. The van der Waals surface area contributed by atoms with Crippen molar-refractivity contribution in [1.82, 2.24) is 24.9 Å². The lowest BCUT2D eigenvalue weighted by molar-refractivity contribution is 0.163. The number of anilines is 1. The second kappa shape index (κ2) is 8.57. The Morgan fingerprint density at radius 3 is 2.72 bits per heavy atom. The average molecular weight is 429 g/mol. The molecule has 0 bridgehead atoms. The van der Waals surface area contributed by atoms with Crippen LogP contribution in [0.3, 0.4) is 0 Å². The third-order valence-electron chi connectivity index (χ3n) is 6.50. The minimum absolute atomic E-state index is 0.0684. The van der Waals surface area contributed by atoms with Crippen molar-refractivity contribution in [3.63, 3.8) is 0 Å². The number of hydrogen-bond acceptors (Lipinski definition) is 4. The van der Waals surface area contributed by atoms with Crippen LogP contribution in [-0.2, 0) is 6.54 Å². The second-order valence-corrected chi connectivity index (χ2v) is 8.81. The fourth-order valence-electron chi connectivity index (χ4n) is 4.74. The van der Waals surface area contributed by atoms with Crippen molar-refractivity contribution >= 4 is 28.3 Å². The van der Waals surface area contributed by atoms with Crippen molar-refractivity contribution in [2.24, 2.45) is 0 Å². The lowest BCUT2D eigenvalue weighted by Gasteiger charge is -2.34. The number of carbonyl (C=O) groups is 1. The molecule has 7 nitrogen and oxygen atoms in total. The Morgan fingerprint density at radius 2 is 1.91 bits per heavy atom. The predicted molar refractivity (Wildman–Crippen MR) is 126 cm³/mol. The van der Waals surface area contributed by atoms with Gasteiger partial charge in [0.1, 0.15) is 0 Å². The van der Waals surface area contributed by atoms with E-state index in [0.29, 0.717) is 12.2 Å². The van der Waals surface area contributed by atoms with Crippen LogP contribution in [0.5, 0.6) is 0 Å². The molecule has 1 aliphatic rings. The molecule has 32 heavy (non-hydrogen) atoms. The zero-order valence-corrected chi connectivity index (χ0v) is 18.6. The van der Waals surface area contributed by atoms with Crippen LogP contribution in [-0.4, -0.2) is 37.0 Å². The van der Waals surface area contributed by atoms with E-state index in [4.69, 9.17) is 0 Å². The van der Waals surface area contributed by atoms with Crippen LogP contribution in [0.1, 0.15) is 48.8 Å². The molecule has 7 heteroatoms. The number of hydrogen-bond donors (Lipinski definition) is 1. The molecular weight excluding hydrogens is 400 g/mol. The van der Waals surface area contributed by atoms with Gasteiger partial charge in [-0.3, -0.25) is 0 Å². The summed E-state index contributed by atoms with van der Waals surface area (Å²) in [6.07, 6.45) is 5.58. The van der Waals surface area contributed by atoms with Gasteiger partial charge in [-0.2, -0.15) is 4.52 Å². The van der Waals surface area contributed by atoms with Crippen LogP contribution in [0.2, 0.25) is 0 Å². The molecule has 2 heterocycles. The van der Waals surface area contributed by atoms with Crippen LogP contribution in [0.4, 0.5) is 10.5 Å². The van der Waals surface area contributed by atoms with Gasteiger partial charge in [0, 0.05) is 22.7 Å². The summed E-state index contributed by atoms with van der Waals surface area (Å²) in [5.41, 5.74) is 5.70. The maximum absolute atomic E-state index is 13.5. The van der Waals surface area contributed by atoms with E-state index in [-0.39, 0.29) is 12.1 Å². The van der Waals surface area contributed by atoms with Crippen molar-refractivity contribution < 1.29 is 4.79 Å². The third kappa shape index (κ3) is 3.90. The molecule has 0 atom stereocenters. The van der Waals surface area contributed by atoms with Crippen LogP contribution in [0.25, 0.3) is 16.6 Å². The lowest BCUT2D eigenvalue weighted by Crippen LogP contribution is -2.43. The first-order valence-corrected chi connectivity index (χ1v) is 11.3. The summed E-state index contributed by atoms with van der Waals surface area (Å²) in [5.74, 6) is 0. The number of amides is 2. The van der Waals surface area contributed by atoms with E-state index in [9.17, 15) is 4.79 Å². The molecule has 0 radical (unpaired) electrons. The van der Waals surface area contributed by atoms with Gasteiger partial charge in [-0.05, 0) is 66.9 Å². The van der Waals surface area contributed by atoms with Gasteiger partial charge in [-0.25, -0.2) is 4.79 Å². The van der Waals surface area contributed by atoms with Crippen molar-refractivity contribution in [3.8, 4) is 0 Å². The summed E-state index contributed by atoms with van der Waals surface area (Å²) >= 11 is 0. The number of para-hydroxylation sites is 1. The SMILES string of the molecule is Cc1ccc2c(c1)cc(CN(C(=O)Nc1ccccc1C)C1CCCCC1)c1nnnn12. The molecule has 5 rings (SSSR count). The smallest absolute Gasteiger partial charge is 0.317 e. The van der Waals surface area contributed by atoms with Gasteiger partial charge in [0.25, 0.3) is 0 Å². The number of urea groups is 1. The Morgan fingerprint density at radius 1 is 1.09 bits per heavy atom. The average Bonchev–Trinajstić information content (AvgIpc) is 3.29. The van der Waals surface area contributed by atoms with E-state index in [1.807, 2.05) is 42.2 Å². The maximum Gasteiger partial charge on any atom is 0.322 e. The standard InChI is InChI=1S/C25H28N6O/c1-17-12-13-23-19(14-17)15-20(24-27-28-29-31(23)24)16-30(21-9-4-3-5-10-21)25(32)26-22-11-7-6-8-18(22)2/h6-8,11-15,21H,3-5,9-10,16H2,1-2H3,(H,26,32). The van der Waals surface area contributed by atoms with E-state index >= 15 is 0 Å². The van der Waals surface area contributed by atoms with E-state index in [1.165, 1.54) is 12.0 Å². The molecule has 4 aromatic rings. The summed E-state index contributed by atoms with van der Waals surface area (Å²) in [6.45, 7) is 4.56. The minimum atomic E-state index is -0.0684. The first-order chi connectivity index (χ1) is 15.6. The van der Waals surface area contributed by atoms with Gasteiger partial charge >= 0.3 is 6.03 Å². The molecule has 2 aromatic carbocycles. The summed E-state index contributed by atoms with van der Waals surface area (Å²) in [6, 6.07) is 16.4. The van der Waals surface area contributed by atoms with Gasteiger partial charge in [0.15, 0.2) is 5.65 Å². The van der Waals surface area contributed by atoms with E-state index in [2.05, 4.69) is 46.0 Å². The summed E-state index contributed by atoms with van der Waals surface area (Å²) in [7, 11) is 0. The number of nitrogens with zero attached hydrogens (tertiary/aromatic N) is 5. The maximum atomic E-state index is 13.5. The number of aryl methyl sites for hydroxylation is 2. The van der Waals surface area contributed by atoms with Crippen LogP contribution < -0.4 is 5.32 Å².